The van der Waals surface area contributed by atoms with E-state index < -0.39 is 0 Å². The zero-order chi connectivity index (χ0) is 15.9. The Morgan fingerprint density at radius 2 is 2.32 bits per heavy atom. The lowest BCUT2D eigenvalue weighted by Gasteiger charge is -2.16. The first-order valence-corrected chi connectivity index (χ1v) is 8.49. The van der Waals surface area contributed by atoms with Gasteiger partial charge < -0.3 is 14.6 Å². The number of furan rings is 1. The summed E-state index contributed by atoms with van der Waals surface area (Å²) in [6.45, 7) is 2.26. The smallest absolute Gasteiger partial charge is 0.239 e. The van der Waals surface area contributed by atoms with E-state index in [1.165, 1.54) is 28.0 Å². The van der Waals surface area contributed by atoms with Gasteiger partial charge in [0.2, 0.25) is 11.8 Å². The fourth-order valence-corrected chi connectivity index (χ4v) is 3.38. The number of thioether (sulfide) groups is 1. The number of likely N-dealkylation sites (N-methyl/N-ethyl adjacent to an activating group) is 1. The highest BCUT2D eigenvalue weighted by atomic mass is 32.2. The van der Waals surface area contributed by atoms with Crippen LogP contribution in [0.25, 0.3) is 0 Å². The van der Waals surface area contributed by atoms with E-state index in [1.54, 1.807) is 25.4 Å². The third-order valence-electron chi connectivity index (χ3n) is 2.76. The molecule has 0 fully saturated rings. The topological polar surface area (TPSA) is 75.4 Å². The molecule has 2 heterocycles. The van der Waals surface area contributed by atoms with E-state index in [0.717, 1.165) is 10.0 Å². The average Bonchev–Trinajstić information content (AvgIpc) is 3.14. The minimum atomic E-state index is -0.220. The molecule has 2 aromatic rings. The number of aromatic nitrogens is 1. The molecule has 0 saturated carbocycles. The van der Waals surface area contributed by atoms with Crippen molar-refractivity contribution in [1.29, 1.82) is 0 Å². The van der Waals surface area contributed by atoms with Crippen molar-refractivity contribution in [2.24, 2.45) is 0 Å². The predicted molar refractivity (Wildman–Crippen MR) is 85.8 cm³/mol. The quantitative estimate of drug-likeness (QED) is 0.780. The van der Waals surface area contributed by atoms with Gasteiger partial charge in [-0.1, -0.05) is 11.8 Å². The molecule has 0 aromatic carbocycles. The molecule has 0 aliphatic carbocycles. The predicted octanol–water partition coefficient (Wildman–Crippen LogP) is 1.91. The van der Waals surface area contributed by atoms with Gasteiger partial charge >= 0.3 is 0 Å². The van der Waals surface area contributed by atoms with E-state index >= 15 is 0 Å². The second-order valence-electron chi connectivity index (χ2n) is 4.65. The van der Waals surface area contributed by atoms with Crippen LogP contribution in [0.3, 0.4) is 0 Å². The summed E-state index contributed by atoms with van der Waals surface area (Å²) in [5.41, 5.74) is 0.950. The van der Waals surface area contributed by atoms with Gasteiger partial charge in [-0.25, -0.2) is 4.98 Å². The first-order valence-electron chi connectivity index (χ1n) is 6.62. The Bertz CT molecular complexity index is 625. The number of rotatable bonds is 7. The van der Waals surface area contributed by atoms with E-state index in [9.17, 15) is 9.59 Å². The molecule has 0 bridgehead atoms. The second kappa shape index (κ2) is 8.00. The number of carbonyl (C=O) groups excluding carboxylic acids is 2. The minimum Gasteiger partial charge on any atom is -0.467 e. The Morgan fingerprint density at radius 3 is 2.95 bits per heavy atom. The number of nitrogens with zero attached hydrogens (tertiary/aromatic N) is 2. The van der Waals surface area contributed by atoms with E-state index in [0.29, 0.717) is 12.3 Å². The molecule has 2 aromatic heterocycles. The average molecular weight is 339 g/mol. The number of hydrogen-bond acceptors (Lipinski definition) is 6. The zero-order valence-corrected chi connectivity index (χ0v) is 14.0. The van der Waals surface area contributed by atoms with E-state index in [1.807, 2.05) is 12.3 Å². The van der Waals surface area contributed by atoms with Crippen LogP contribution in [0.5, 0.6) is 0 Å². The number of amides is 2. The minimum absolute atomic E-state index is 0.0248. The van der Waals surface area contributed by atoms with Crippen LogP contribution >= 0.6 is 23.1 Å². The molecule has 2 rings (SSSR count). The van der Waals surface area contributed by atoms with Crippen molar-refractivity contribution in [3.63, 3.8) is 0 Å². The highest BCUT2D eigenvalue weighted by molar-refractivity contribution is 8.01. The van der Waals surface area contributed by atoms with Crippen LogP contribution in [-0.2, 0) is 16.1 Å². The molecule has 0 aliphatic rings. The monoisotopic (exact) mass is 339 g/mol. The number of aryl methyl sites for hydroxylation is 1. The normalized spacial score (nSPS) is 10.5. The molecular weight excluding hydrogens is 322 g/mol. The molecular formula is C14H17N3O3S2. The molecule has 0 atom stereocenters. The van der Waals surface area contributed by atoms with Gasteiger partial charge in [-0.3, -0.25) is 9.59 Å². The first kappa shape index (κ1) is 16.6. The lowest BCUT2D eigenvalue weighted by molar-refractivity contribution is -0.132. The fraction of sp³-hybridized carbons (Fsp3) is 0.357. The maximum atomic E-state index is 12.0. The summed E-state index contributed by atoms with van der Waals surface area (Å²) < 4.78 is 5.98. The van der Waals surface area contributed by atoms with Crippen molar-refractivity contribution in [2.45, 2.75) is 17.8 Å². The Labute approximate surface area is 136 Å². The standard InChI is InChI=1S/C14H17N3O3S2/c1-10-8-21-14(16-10)22-9-13(19)17(2)7-12(18)15-6-11-4-3-5-20-11/h3-5,8H,6-7,9H2,1-2H3,(H,15,18). The Hall–Kier alpha value is -1.80. The molecule has 8 heteroatoms. The van der Waals surface area contributed by atoms with Crippen LogP contribution in [0.4, 0.5) is 0 Å². The first-order chi connectivity index (χ1) is 10.5. The molecule has 0 spiro atoms. The Balaban J connectivity index is 1.69. The highest BCUT2D eigenvalue weighted by Gasteiger charge is 2.14. The molecule has 0 saturated heterocycles. The number of thiazole rings is 1. The summed E-state index contributed by atoms with van der Waals surface area (Å²) in [7, 11) is 1.61. The number of carbonyl (C=O) groups is 2. The van der Waals surface area contributed by atoms with Crippen LogP contribution in [0.1, 0.15) is 11.5 Å². The highest BCUT2D eigenvalue weighted by Crippen LogP contribution is 2.22. The molecule has 2 amide bonds. The van der Waals surface area contributed by atoms with Crippen molar-refractivity contribution >= 4 is 34.9 Å². The largest absolute Gasteiger partial charge is 0.467 e. The molecule has 22 heavy (non-hydrogen) atoms. The third-order valence-corrected chi connectivity index (χ3v) is 4.89. The summed E-state index contributed by atoms with van der Waals surface area (Å²) in [5.74, 6) is 0.625. The van der Waals surface area contributed by atoms with E-state index in [4.69, 9.17) is 4.42 Å². The van der Waals surface area contributed by atoms with Gasteiger partial charge in [0, 0.05) is 18.1 Å². The van der Waals surface area contributed by atoms with Gasteiger partial charge in [-0.2, -0.15) is 0 Å². The molecule has 0 unspecified atom stereocenters. The van der Waals surface area contributed by atoms with Gasteiger partial charge in [0.25, 0.3) is 0 Å². The summed E-state index contributed by atoms with van der Waals surface area (Å²) >= 11 is 2.90. The Morgan fingerprint density at radius 1 is 1.50 bits per heavy atom. The third kappa shape index (κ3) is 5.19. The van der Waals surface area contributed by atoms with E-state index in [2.05, 4.69) is 10.3 Å². The van der Waals surface area contributed by atoms with Gasteiger partial charge in [-0.05, 0) is 19.1 Å². The molecule has 0 aliphatic heterocycles. The maximum absolute atomic E-state index is 12.0. The molecule has 1 N–H and O–H groups in total. The summed E-state index contributed by atoms with van der Waals surface area (Å²) in [6, 6.07) is 3.54. The van der Waals surface area contributed by atoms with Crippen molar-refractivity contribution < 1.29 is 14.0 Å². The summed E-state index contributed by atoms with van der Waals surface area (Å²) in [6.07, 6.45) is 1.55. The van der Waals surface area contributed by atoms with Gasteiger partial charge in [0.15, 0.2) is 4.34 Å². The van der Waals surface area contributed by atoms with Crippen LogP contribution < -0.4 is 5.32 Å². The lowest BCUT2D eigenvalue weighted by atomic mass is 10.4. The van der Waals surface area contributed by atoms with Crippen molar-refractivity contribution in [3.8, 4) is 0 Å². The van der Waals surface area contributed by atoms with Gasteiger partial charge in [0.05, 0.1) is 25.1 Å². The molecule has 118 valence electrons. The molecule has 0 radical (unpaired) electrons. The lowest BCUT2D eigenvalue weighted by Crippen LogP contribution is -2.38. The van der Waals surface area contributed by atoms with Crippen molar-refractivity contribution in [1.82, 2.24) is 15.2 Å². The van der Waals surface area contributed by atoms with Crippen LogP contribution in [0.15, 0.2) is 32.5 Å². The SMILES string of the molecule is Cc1csc(SCC(=O)N(C)CC(=O)NCc2ccco2)n1. The van der Waals surface area contributed by atoms with Crippen LogP contribution in [-0.4, -0.2) is 41.0 Å². The van der Waals surface area contributed by atoms with Crippen molar-refractivity contribution in [2.75, 3.05) is 19.3 Å². The summed E-state index contributed by atoms with van der Waals surface area (Å²) in [4.78, 5) is 29.4. The van der Waals surface area contributed by atoms with Crippen LogP contribution in [0.2, 0.25) is 0 Å². The molecule has 6 nitrogen and oxygen atoms in total. The fourth-order valence-electron chi connectivity index (χ4n) is 1.59. The van der Waals surface area contributed by atoms with E-state index in [-0.39, 0.29) is 24.1 Å². The van der Waals surface area contributed by atoms with Crippen LogP contribution in [0, 0.1) is 6.92 Å². The van der Waals surface area contributed by atoms with Crippen molar-refractivity contribution in [3.05, 3.63) is 35.2 Å². The number of hydrogen-bond donors (Lipinski definition) is 1. The van der Waals surface area contributed by atoms with Gasteiger partial charge in [-0.15, -0.1) is 11.3 Å². The maximum Gasteiger partial charge on any atom is 0.239 e. The summed E-state index contributed by atoms with van der Waals surface area (Å²) in [5, 5.41) is 4.65. The van der Waals surface area contributed by atoms with Gasteiger partial charge in [0.1, 0.15) is 5.76 Å². The Kier molecular flexibility index (Phi) is 6.02. The second-order valence-corrected chi connectivity index (χ2v) is 6.73. The number of nitrogens with one attached hydrogen (secondary N) is 1. The zero-order valence-electron chi connectivity index (χ0n) is 12.4.